The normalized spacial score (nSPS) is 19.1. The smallest absolute Gasteiger partial charge is 0.240 e. The van der Waals surface area contributed by atoms with Gasteiger partial charge in [0, 0.05) is 25.7 Å². The van der Waals surface area contributed by atoms with Crippen molar-refractivity contribution in [3.8, 4) is 0 Å². The Hall–Kier alpha value is -0.710. The molecule has 1 aliphatic heterocycles. The van der Waals surface area contributed by atoms with Crippen LogP contribution in [-0.4, -0.2) is 59.6 Å². The van der Waals surface area contributed by atoms with Gasteiger partial charge in [0.15, 0.2) is 0 Å². The fourth-order valence-corrected chi connectivity index (χ4v) is 5.54. The molecule has 0 saturated carbocycles. The summed E-state index contributed by atoms with van der Waals surface area (Å²) in [5.41, 5.74) is 0. The van der Waals surface area contributed by atoms with Crippen LogP contribution in [0.5, 0.6) is 0 Å². The van der Waals surface area contributed by atoms with Crippen LogP contribution in [0, 0.1) is 0 Å². The van der Waals surface area contributed by atoms with E-state index in [-0.39, 0.29) is 35.6 Å². The van der Waals surface area contributed by atoms with E-state index < -0.39 is 20.0 Å². The van der Waals surface area contributed by atoms with E-state index in [4.69, 9.17) is 0 Å². The van der Waals surface area contributed by atoms with Crippen molar-refractivity contribution < 1.29 is 16.8 Å². The van der Waals surface area contributed by atoms with E-state index in [9.17, 15) is 16.8 Å². The predicted octanol–water partition coefficient (Wildman–Crippen LogP) is 0.400. The largest absolute Gasteiger partial charge is 0.318 e. The first-order valence-electron chi connectivity index (χ1n) is 7.55. The zero-order valence-corrected chi connectivity index (χ0v) is 16.0. The van der Waals surface area contributed by atoms with Gasteiger partial charge in [-0.2, -0.15) is 4.31 Å². The Balaban J connectivity index is 0.00000288. The molecule has 0 aliphatic carbocycles. The summed E-state index contributed by atoms with van der Waals surface area (Å²) in [6, 6.07) is 7.87. The lowest BCUT2D eigenvalue weighted by molar-refractivity contribution is 0.379. The molecule has 0 spiro atoms. The number of hydrogen-bond donors (Lipinski definition) is 2. The zero-order chi connectivity index (χ0) is 16.9. The second-order valence-electron chi connectivity index (χ2n) is 5.49. The highest BCUT2D eigenvalue weighted by atomic mass is 35.5. The molecule has 24 heavy (non-hydrogen) atoms. The van der Waals surface area contributed by atoms with Crippen molar-refractivity contribution in [1.29, 1.82) is 0 Å². The molecule has 1 fully saturated rings. The molecule has 138 valence electrons. The molecule has 0 radical (unpaired) electrons. The van der Waals surface area contributed by atoms with Crippen molar-refractivity contribution in [3.05, 3.63) is 30.3 Å². The second-order valence-corrected chi connectivity index (χ2v) is 9.30. The third kappa shape index (κ3) is 5.40. The summed E-state index contributed by atoms with van der Waals surface area (Å²) in [6.45, 7) is 0.970. The topological polar surface area (TPSA) is 95.6 Å². The van der Waals surface area contributed by atoms with Crippen LogP contribution in [0.15, 0.2) is 35.2 Å². The zero-order valence-electron chi connectivity index (χ0n) is 13.5. The molecule has 2 rings (SSSR count). The Morgan fingerprint density at radius 2 is 1.83 bits per heavy atom. The molecular formula is C14H24ClN3O4S2. The van der Waals surface area contributed by atoms with E-state index in [1.165, 1.54) is 16.4 Å². The summed E-state index contributed by atoms with van der Waals surface area (Å²) in [5.74, 6) is -0.237. The standard InChI is InChI=1S/C14H23N3O4S2.ClH/c1-15-12-13-6-5-10-17(13)22(18,19)11-9-16-23(20,21)14-7-3-2-4-8-14;/h2-4,7-8,13,15-16H,5-6,9-12H2,1H3;1H. The molecule has 1 heterocycles. The number of rotatable bonds is 8. The van der Waals surface area contributed by atoms with Crippen LogP contribution in [0.4, 0.5) is 0 Å². The maximum absolute atomic E-state index is 12.4. The van der Waals surface area contributed by atoms with Crippen LogP contribution in [0.3, 0.4) is 0 Å². The van der Waals surface area contributed by atoms with Crippen LogP contribution in [-0.2, 0) is 20.0 Å². The van der Waals surface area contributed by atoms with E-state index in [0.717, 1.165) is 12.8 Å². The summed E-state index contributed by atoms with van der Waals surface area (Å²) < 4.78 is 52.8. The maximum Gasteiger partial charge on any atom is 0.240 e. The average molecular weight is 398 g/mol. The number of nitrogens with one attached hydrogen (secondary N) is 2. The summed E-state index contributed by atoms with van der Waals surface area (Å²) >= 11 is 0. The van der Waals surface area contributed by atoms with Crippen molar-refractivity contribution >= 4 is 32.5 Å². The number of nitrogens with zero attached hydrogens (tertiary/aromatic N) is 1. The number of hydrogen-bond acceptors (Lipinski definition) is 5. The van der Waals surface area contributed by atoms with Gasteiger partial charge >= 0.3 is 0 Å². The molecule has 1 aromatic rings. The third-order valence-corrected chi connectivity index (χ3v) is 7.22. The van der Waals surface area contributed by atoms with Crippen LogP contribution in [0.2, 0.25) is 0 Å². The number of halogens is 1. The Morgan fingerprint density at radius 3 is 2.46 bits per heavy atom. The van der Waals surface area contributed by atoms with Gasteiger partial charge in [-0.15, -0.1) is 12.4 Å². The maximum atomic E-state index is 12.4. The first-order valence-corrected chi connectivity index (χ1v) is 10.6. The Kier molecular flexibility index (Phi) is 8.10. The molecule has 10 heteroatoms. The predicted molar refractivity (Wildman–Crippen MR) is 96.3 cm³/mol. The molecule has 1 aromatic carbocycles. The number of likely N-dealkylation sites (N-methyl/N-ethyl adjacent to an activating group) is 1. The van der Waals surface area contributed by atoms with Crippen molar-refractivity contribution in [2.24, 2.45) is 0 Å². The van der Waals surface area contributed by atoms with Gasteiger partial charge in [0.2, 0.25) is 20.0 Å². The fourth-order valence-electron chi connectivity index (χ4n) is 2.72. The lowest BCUT2D eigenvalue weighted by Crippen LogP contribution is -2.43. The van der Waals surface area contributed by atoms with E-state index in [1.54, 1.807) is 25.2 Å². The molecule has 2 N–H and O–H groups in total. The highest BCUT2D eigenvalue weighted by molar-refractivity contribution is 7.90. The molecule has 1 aliphatic rings. The van der Waals surface area contributed by atoms with Crippen LogP contribution in [0.25, 0.3) is 0 Å². The minimum atomic E-state index is -3.68. The molecule has 7 nitrogen and oxygen atoms in total. The minimum Gasteiger partial charge on any atom is -0.318 e. The second kappa shape index (κ2) is 9.12. The van der Waals surface area contributed by atoms with E-state index in [1.807, 2.05) is 0 Å². The highest BCUT2D eigenvalue weighted by Crippen LogP contribution is 2.20. The molecule has 1 saturated heterocycles. The first kappa shape index (κ1) is 21.3. The Bertz CT molecular complexity index is 711. The van der Waals surface area contributed by atoms with Gasteiger partial charge in [0.1, 0.15) is 0 Å². The first-order chi connectivity index (χ1) is 10.9. The highest BCUT2D eigenvalue weighted by Gasteiger charge is 2.33. The van der Waals surface area contributed by atoms with E-state index in [0.29, 0.717) is 13.1 Å². The third-order valence-electron chi connectivity index (χ3n) is 3.83. The quantitative estimate of drug-likeness (QED) is 0.662. The lowest BCUT2D eigenvalue weighted by atomic mass is 10.2. The Morgan fingerprint density at radius 1 is 1.17 bits per heavy atom. The molecular weight excluding hydrogens is 374 g/mol. The van der Waals surface area contributed by atoms with Crippen LogP contribution < -0.4 is 10.0 Å². The summed E-state index contributed by atoms with van der Waals surface area (Å²) in [6.07, 6.45) is 1.66. The van der Waals surface area contributed by atoms with Gasteiger partial charge in [0.25, 0.3) is 0 Å². The summed E-state index contributed by atoms with van der Waals surface area (Å²) in [5, 5.41) is 3.00. The van der Waals surface area contributed by atoms with Gasteiger partial charge in [-0.1, -0.05) is 18.2 Å². The monoisotopic (exact) mass is 397 g/mol. The average Bonchev–Trinajstić information content (AvgIpc) is 2.97. The van der Waals surface area contributed by atoms with E-state index >= 15 is 0 Å². The van der Waals surface area contributed by atoms with Gasteiger partial charge in [0.05, 0.1) is 10.6 Å². The Labute approximate surface area is 150 Å². The molecule has 1 unspecified atom stereocenters. The number of sulfonamides is 2. The van der Waals surface area contributed by atoms with Crippen molar-refractivity contribution in [2.75, 3.05) is 32.4 Å². The van der Waals surface area contributed by atoms with Gasteiger partial charge in [-0.05, 0) is 32.0 Å². The van der Waals surface area contributed by atoms with Gasteiger partial charge < -0.3 is 5.32 Å². The van der Waals surface area contributed by atoms with Gasteiger partial charge in [-0.25, -0.2) is 21.6 Å². The SMILES string of the molecule is CNCC1CCCN1S(=O)(=O)CCNS(=O)(=O)c1ccccc1.Cl. The fraction of sp³-hybridized carbons (Fsp3) is 0.571. The molecule has 1 atom stereocenters. The molecule has 0 aromatic heterocycles. The minimum absolute atomic E-state index is 0. The van der Waals surface area contributed by atoms with Crippen molar-refractivity contribution in [1.82, 2.24) is 14.3 Å². The van der Waals surface area contributed by atoms with Crippen molar-refractivity contribution in [3.63, 3.8) is 0 Å². The summed E-state index contributed by atoms with van der Waals surface area (Å²) in [7, 11) is -5.36. The van der Waals surface area contributed by atoms with Crippen LogP contribution in [0.1, 0.15) is 12.8 Å². The van der Waals surface area contributed by atoms with Crippen molar-refractivity contribution in [2.45, 2.75) is 23.8 Å². The number of benzene rings is 1. The summed E-state index contributed by atoms with van der Waals surface area (Å²) in [4.78, 5) is 0.131. The molecule has 0 bridgehead atoms. The van der Waals surface area contributed by atoms with Crippen LogP contribution >= 0.6 is 12.4 Å². The molecule has 0 amide bonds. The van der Waals surface area contributed by atoms with E-state index in [2.05, 4.69) is 10.0 Å². The lowest BCUT2D eigenvalue weighted by Gasteiger charge is -2.23. The van der Waals surface area contributed by atoms with Gasteiger partial charge in [-0.3, -0.25) is 0 Å².